The molecule has 0 spiro atoms. The number of nitrogens with one attached hydrogen (secondary N) is 1. The van der Waals surface area contributed by atoms with Crippen molar-refractivity contribution in [1.29, 1.82) is 0 Å². The van der Waals surface area contributed by atoms with E-state index in [-0.39, 0.29) is 18.4 Å². The fraction of sp³-hybridized carbons (Fsp3) is 0.263. The number of amides is 2. The molecular weight excluding hydrogens is 384 g/mol. The van der Waals surface area contributed by atoms with Crippen LogP contribution in [-0.2, 0) is 16.1 Å². The van der Waals surface area contributed by atoms with Gasteiger partial charge in [0, 0.05) is 29.7 Å². The second-order valence-corrected chi connectivity index (χ2v) is 6.83. The SMILES string of the molecule is O=C(COc1ccc(Br)cc1)Nc1cccc(CN2CCCC2=O)c1. The Morgan fingerprint density at radius 2 is 2.00 bits per heavy atom. The lowest BCUT2D eigenvalue weighted by Gasteiger charge is -2.16. The first-order valence-corrected chi connectivity index (χ1v) is 8.94. The third kappa shape index (κ3) is 5.06. The molecule has 1 heterocycles. The fourth-order valence-electron chi connectivity index (χ4n) is 2.72. The number of likely N-dealkylation sites (tertiary alicyclic amines) is 1. The predicted octanol–water partition coefficient (Wildman–Crippen LogP) is 3.59. The van der Waals surface area contributed by atoms with Gasteiger partial charge in [-0.3, -0.25) is 9.59 Å². The minimum Gasteiger partial charge on any atom is -0.484 e. The number of ether oxygens (including phenoxy) is 1. The summed E-state index contributed by atoms with van der Waals surface area (Å²) >= 11 is 3.35. The van der Waals surface area contributed by atoms with Crippen molar-refractivity contribution in [2.75, 3.05) is 18.5 Å². The van der Waals surface area contributed by atoms with Gasteiger partial charge in [-0.1, -0.05) is 28.1 Å². The van der Waals surface area contributed by atoms with Gasteiger partial charge in [-0.15, -0.1) is 0 Å². The standard InChI is InChI=1S/C19H19BrN2O3/c20-15-6-8-17(9-7-15)25-13-18(23)21-16-4-1-3-14(11-16)12-22-10-2-5-19(22)24/h1,3-4,6-9,11H,2,5,10,12-13H2,(H,21,23). The van der Waals surface area contributed by atoms with Crippen LogP contribution in [0.25, 0.3) is 0 Å². The van der Waals surface area contributed by atoms with E-state index in [1.54, 1.807) is 12.1 Å². The van der Waals surface area contributed by atoms with E-state index in [4.69, 9.17) is 4.74 Å². The number of benzene rings is 2. The molecule has 2 aromatic rings. The number of rotatable bonds is 6. The van der Waals surface area contributed by atoms with E-state index in [2.05, 4.69) is 21.2 Å². The van der Waals surface area contributed by atoms with E-state index in [0.717, 1.165) is 23.0 Å². The van der Waals surface area contributed by atoms with E-state index in [0.29, 0.717) is 24.4 Å². The Kier molecular flexibility index (Phi) is 5.71. The maximum absolute atomic E-state index is 12.1. The summed E-state index contributed by atoms with van der Waals surface area (Å²) in [6, 6.07) is 14.9. The van der Waals surface area contributed by atoms with E-state index in [1.165, 1.54) is 0 Å². The molecule has 6 heteroatoms. The Morgan fingerprint density at radius 1 is 1.20 bits per heavy atom. The zero-order valence-electron chi connectivity index (χ0n) is 13.7. The molecule has 0 aromatic heterocycles. The molecule has 0 bridgehead atoms. The maximum Gasteiger partial charge on any atom is 0.262 e. The van der Waals surface area contributed by atoms with Gasteiger partial charge >= 0.3 is 0 Å². The smallest absolute Gasteiger partial charge is 0.262 e. The molecule has 5 nitrogen and oxygen atoms in total. The zero-order chi connectivity index (χ0) is 17.6. The molecule has 1 fully saturated rings. The quantitative estimate of drug-likeness (QED) is 0.802. The lowest BCUT2D eigenvalue weighted by atomic mass is 10.2. The number of anilines is 1. The third-order valence-electron chi connectivity index (χ3n) is 3.94. The van der Waals surface area contributed by atoms with Crippen LogP contribution in [0.4, 0.5) is 5.69 Å². The molecule has 3 rings (SSSR count). The molecule has 2 amide bonds. The fourth-order valence-corrected chi connectivity index (χ4v) is 2.98. The Morgan fingerprint density at radius 3 is 2.72 bits per heavy atom. The Hall–Kier alpha value is -2.34. The molecular formula is C19H19BrN2O3. The van der Waals surface area contributed by atoms with Gasteiger partial charge in [-0.2, -0.15) is 0 Å². The number of halogens is 1. The molecule has 25 heavy (non-hydrogen) atoms. The van der Waals surface area contributed by atoms with Gasteiger partial charge in [-0.25, -0.2) is 0 Å². The van der Waals surface area contributed by atoms with E-state index >= 15 is 0 Å². The highest BCUT2D eigenvalue weighted by Gasteiger charge is 2.20. The summed E-state index contributed by atoms with van der Waals surface area (Å²) < 4.78 is 6.42. The predicted molar refractivity (Wildman–Crippen MR) is 99.4 cm³/mol. The van der Waals surface area contributed by atoms with Crippen molar-refractivity contribution >= 4 is 33.4 Å². The van der Waals surface area contributed by atoms with Gasteiger partial charge in [0.15, 0.2) is 6.61 Å². The summed E-state index contributed by atoms with van der Waals surface area (Å²) in [4.78, 5) is 25.6. The molecule has 2 aromatic carbocycles. The van der Waals surface area contributed by atoms with Gasteiger partial charge in [-0.05, 0) is 48.4 Å². The van der Waals surface area contributed by atoms with Crippen molar-refractivity contribution in [3.8, 4) is 5.75 Å². The summed E-state index contributed by atoms with van der Waals surface area (Å²) in [5.41, 5.74) is 1.70. The van der Waals surface area contributed by atoms with Crippen LogP contribution in [-0.4, -0.2) is 29.9 Å². The van der Waals surface area contributed by atoms with Gasteiger partial charge in [0.25, 0.3) is 5.91 Å². The highest BCUT2D eigenvalue weighted by Crippen LogP contribution is 2.18. The topological polar surface area (TPSA) is 58.6 Å². The van der Waals surface area contributed by atoms with Crippen molar-refractivity contribution in [1.82, 2.24) is 4.90 Å². The van der Waals surface area contributed by atoms with Crippen LogP contribution < -0.4 is 10.1 Å². The van der Waals surface area contributed by atoms with Crippen molar-refractivity contribution in [2.45, 2.75) is 19.4 Å². The maximum atomic E-state index is 12.1. The van der Waals surface area contributed by atoms with Crippen LogP contribution in [0.15, 0.2) is 53.0 Å². The monoisotopic (exact) mass is 402 g/mol. The Labute approximate surface area is 155 Å². The molecule has 1 saturated heterocycles. The van der Waals surface area contributed by atoms with Crippen LogP contribution in [0.5, 0.6) is 5.75 Å². The zero-order valence-corrected chi connectivity index (χ0v) is 15.3. The molecule has 130 valence electrons. The van der Waals surface area contributed by atoms with Gasteiger partial charge in [0.05, 0.1) is 0 Å². The minimum atomic E-state index is -0.225. The third-order valence-corrected chi connectivity index (χ3v) is 4.47. The Balaban J connectivity index is 1.53. The normalized spacial score (nSPS) is 13.8. The number of hydrogen-bond acceptors (Lipinski definition) is 3. The van der Waals surface area contributed by atoms with E-state index in [9.17, 15) is 9.59 Å². The Bertz CT molecular complexity index is 762. The summed E-state index contributed by atoms with van der Waals surface area (Å²) in [7, 11) is 0. The molecule has 0 aliphatic carbocycles. The number of carbonyl (C=O) groups is 2. The van der Waals surface area contributed by atoms with Crippen molar-refractivity contribution < 1.29 is 14.3 Å². The number of nitrogens with zero attached hydrogens (tertiary/aromatic N) is 1. The van der Waals surface area contributed by atoms with Crippen LogP contribution in [0.3, 0.4) is 0 Å². The molecule has 0 saturated carbocycles. The molecule has 1 aliphatic rings. The van der Waals surface area contributed by atoms with Crippen LogP contribution in [0.2, 0.25) is 0 Å². The van der Waals surface area contributed by atoms with Crippen molar-refractivity contribution in [3.05, 3.63) is 58.6 Å². The highest BCUT2D eigenvalue weighted by molar-refractivity contribution is 9.10. The first-order chi connectivity index (χ1) is 12.1. The van der Waals surface area contributed by atoms with Crippen molar-refractivity contribution in [2.24, 2.45) is 0 Å². The second kappa shape index (κ2) is 8.16. The average molecular weight is 403 g/mol. The molecule has 0 atom stereocenters. The minimum absolute atomic E-state index is 0.0591. The highest BCUT2D eigenvalue weighted by atomic mass is 79.9. The molecule has 1 N–H and O–H groups in total. The average Bonchev–Trinajstić information content (AvgIpc) is 2.99. The summed E-state index contributed by atoms with van der Waals surface area (Å²) in [5, 5.41) is 2.82. The molecule has 0 unspecified atom stereocenters. The summed E-state index contributed by atoms with van der Waals surface area (Å²) in [6.07, 6.45) is 1.55. The summed E-state index contributed by atoms with van der Waals surface area (Å²) in [6.45, 7) is 1.32. The van der Waals surface area contributed by atoms with Crippen LogP contribution in [0, 0.1) is 0 Å². The first-order valence-electron chi connectivity index (χ1n) is 8.15. The number of carbonyl (C=O) groups excluding carboxylic acids is 2. The van der Waals surface area contributed by atoms with Gasteiger partial charge < -0.3 is 15.0 Å². The van der Waals surface area contributed by atoms with Gasteiger partial charge in [0.2, 0.25) is 5.91 Å². The molecule has 1 aliphatic heterocycles. The molecule has 0 radical (unpaired) electrons. The second-order valence-electron chi connectivity index (χ2n) is 5.91. The summed E-state index contributed by atoms with van der Waals surface area (Å²) in [5.74, 6) is 0.606. The van der Waals surface area contributed by atoms with Gasteiger partial charge in [0.1, 0.15) is 5.75 Å². The van der Waals surface area contributed by atoms with E-state index < -0.39 is 0 Å². The lowest BCUT2D eigenvalue weighted by molar-refractivity contribution is -0.128. The van der Waals surface area contributed by atoms with E-state index in [1.807, 2.05) is 41.3 Å². The number of hydrogen-bond donors (Lipinski definition) is 1. The largest absolute Gasteiger partial charge is 0.484 e. The lowest BCUT2D eigenvalue weighted by Crippen LogP contribution is -2.24. The first kappa shape index (κ1) is 17.5. The van der Waals surface area contributed by atoms with Crippen LogP contribution >= 0.6 is 15.9 Å². The van der Waals surface area contributed by atoms with Crippen LogP contribution in [0.1, 0.15) is 18.4 Å². The van der Waals surface area contributed by atoms with Crippen molar-refractivity contribution in [3.63, 3.8) is 0 Å².